The van der Waals surface area contributed by atoms with E-state index in [9.17, 15) is 14.3 Å². The quantitative estimate of drug-likeness (QED) is 0.877. The van der Waals surface area contributed by atoms with Gasteiger partial charge in [0.2, 0.25) is 5.91 Å². The predicted octanol–water partition coefficient (Wildman–Crippen LogP) is 2.77. The standard InChI is InChI=1S/C17H24FNO2/c1-16(2,3)14(20)8-11-19-15(21)17(9-10-17)12-4-6-13(18)7-5-12/h4-7,14,20H,8-11H2,1-3H3,(H,19,21)/t14-/m1/s1. The number of carbonyl (C=O) groups excluding carboxylic acids is 1. The van der Waals surface area contributed by atoms with E-state index in [4.69, 9.17) is 0 Å². The lowest BCUT2D eigenvalue weighted by Gasteiger charge is -2.26. The van der Waals surface area contributed by atoms with Gasteiger partial charge in [-0.1, -0.05) is 32.9 Å². The molecule has 21 heavy (non-hydrogen) atoms. The van der Waals surface area contributed by atoms with Gasteiger partial charge in [0.05, 0.1) is 11.5 Å². The SMILES string of the molecule is CC(C)(C)[C@H](O)CCNC(=O)C1(c2ccc(F)cc2)CC1. The van der Waals surface area contributed by atoms with Crippen LogP contribution in [0.1, 0.15) is 45.6 Å². The number of amides is 1. The minimum atomic E-state index is -0.486. The molecule has 1 atom stereocenters. The number of aliphatic hydroxyl groups is 1. The first kappa shape index (κ1) is 16.0. The highest BCUT2D eigenvalue weighted by Gasteiger charge is 2.51. The van der Waals surface area contributed by atoms with E-state index >= 15 is 0 Å². The van der Waals surface area contributed by atoms with E-state index < -0.39 is 11.5 Å². The summed E-state index contributed by atoms with van der Waals surface area (Å²) < 4.78 is 13.0. The van der Waals surface area contributed by atoms with Gasteiger partial charge in [-0.25, -0.2) is 4.39 Å². The summed E-state index contributed by atoms with van der Waals surface area (Å²) in [5.74, 6) is -0.307. The first-order chi connectivity index (χ1) is 9.75. The van der Waals surface area contributed by atoms with Crippen molar-refractivity contribution < 1.29 is 14.3 Å². The van der Waals surface area contributed by atoms with Crippen molar-refractivity contribution in [2.24, 2.45) is 5.41 Å². The van der Waals surface area contributed by atoms with Gasteiger partial charge in [0, 0.05) is 6.54 Å². The summed E-state index contributed by atoms with van der Waals surface area (Å²) in [5, 5.41) is 12.9. The molecule has 0 aromatic heterocycles. The first-order valence-corrected chi connectivity index (χ1v) is 7.48. The molecule has 0 spiro atoms. The van der Waals surface area contributed by atoms with Crippen LogP contribution in [0.4, 0.5) is 4.39 Å². The molecule has 2 N–H and O–H groups in total. The molecular formula is C17H24FNO2. The Balaban J connectivity index is 1.90. The molecule has 0 unspecified atom stereocenters. The number of carbonyl (C=O) groups is 1. The van der Waals surface area contributed by atoms with Gasteiger partial charge in [0.1, 0.15) is 5.82 Å². The molecule has 0 aliphatic heterocycles. The van der Waals surface area contributed by atoms with Crippen LogP contribution >= 0.6 is 0 Å². The van der Waals surface area contributed by atoms with Gasteiger partial charge < -0.3 is 10.4 Å². The van der Waals surface area contributed by atoms with E-state index in [1.165, 1.54) is 12.1 Å². The minimum absolute atomic E-state index is 0.0183. The number of halogens is 1. The van der Waals surface area contributed by atoms with Gasteiger partial charge in [-0.2, -0.15) is 0 Å². The Hall–Kier alpha value is -1.42. The van der Waals surface area contributed by atoms with Crippen LogP contribution in [0.15, 0.2) is 24.3 Å². The van der Waals surface area contributed by atoms with Gasteiger partial charge in [0.25, 0.3) is 0 Å². The zero-order valence-corrected chi connectivity index (χ0v) is 12.9. The van der Waals surface area contributed by atoms with E-state index in [0.29, 0.717) is 13.0 Å². The van der Waals surface area contributed by atoms with Gasteiger partial charge >= 0.3 is 0 Å². The third kappa shape index (κ3) is 3.62. The maximum atomic E-state index is 13.0. The maximum absolute atomic E-state index is 13.0. The highest BCUT2D eigenvalue weighted by Crippen LogP contribution is 2.48. The summed E-state index contributed by atoms with van der Waals surface area (Å²) in [6.07, 6.45) is 1.69. The molecule has 1 aliphatic rings. The molecular weight excluding hydrogens is 269 g/mol. The molecule has 0 radical (unpaired) electrons. The molecule has 116 valence electrons. The van der Waals surface area contributed by atoms with Crippen molar-refractivity contribution in [3.8, 4) is 0 Å². The van der Waals surface area contributed by atoms with Crippen LogP contribution in [-0.2, 0) is 10.2 Å². The Morgan fingerprint density at radius 2 is 1.90 bits per heavy atom. The molecule has 1 aliphatic carbocycles. The lowest BCUT2D eigenvalue weighted by Crippen LogP contribution is -2.38. The van der Waals surface area contributed by atoms with Crippen molar-refractivity contribution in [3.05, 3.63) is 35.6 Å². The third-order valence-electron chi connectivity index (χ3n) is 4.28. The molecule has 1 saturated carbocycles. The second-order valence-electron chi connectivity index (χ2n) is 7.02. The van der Waals surface area contributed by atoms with Crippen LogP contribution in [-0.4, -0.2) is 23.7 Å². The number of rotatable bonds is 5. The van der Waals surface area contributed by atoms with Gasteiger partial charge in [-0.05, 0) is 42.4 Å². The first-order valence-electron chi connectivity index (χ1n) is 7.48. The molecule has 4 heteroatoms. The van der Waals surface area contributed by atoms with Gasteiger partial charge in [-0.15, -0.1) is 0 Å². The average molecular weight is 293 g/mol. The van der Waals surface area contributed by atoms with E-state index in [2.05, 4.69) is 5.32 Å². The van der Waals surface area contributed by atoms with Crippen molar-refractivity contribution >= 4 is 5.91 Å². The number of hydrogen-bond acceptors (Lipinski definition) is 2. The number of nitrogens with one attached hydrogen (secondary N) is 1. The zero-order chi connectivity index (χ0) is 15.7. The summed E-state index contributed by atoms with van der Waals surface area (Å²) in [4.78, 5) is 12.4. The van der Waals surface area contributed by atoms with Crippen LogP contribution in [0.25, 0.3) is 0 Å². The monoisotopic (exact) mass is 293 g/mol. The fourth-order valence-electron chi connectivity index (χ4n) is 2.47. The second-order valence-corrected chi connectivity index (χ2v) is 7.02. The summed E-state index contributed by atoms with van der Waals surface area (Å²) in [6, 6.07) is 6.16. The average Bonchev–Trinajstić information content (AvgIpc) is 3.19. The Morgan fingerprint density at radius 1 is 1.33 bits per heavy atom. The molecule has 1 amide bonds. The Labute approximate surface area is 125 Å². The number of aliphatic hydroxyl groups excluding tert-OH is 1. The van der Waals surface area contributed by atoms with Gasteiger partial charge in [0.15, 0.2) is 0 Å². The molecule has 0 heterocycles. The molecule has 0 bridgehead atoms. The number of benzene rings is 1. The van der Waals surface area contributed by atoms with E-state index in [1.54, 1.807) is 12.1 Å². The lowest BCUT2D eigenvalue weighted by atomic mass is 9.87. The molecule has 0 saturated heterocycles. The molecule has 3 nitrogen and oxygen atoms in total. The largest absolute Gasteiger partial charge is 0.393 e. The highest BCUT2D eigenvalue weighted by molar-refractivity contribution is 5.91. The highest BCUT2D eigenvalue weighted by atomic mass is 19.1. The van der Waals surface area contributed by atoms with E-state index in [1.807, 2.05) is 20.8 Å². The predicted molar refractivity (Wildman–Crippen MR) is 80.4 cm³/mol. The van der Waals surface area contributed by atoms with Crippen LogP contribution in [0.3, 0.4) is 0 Å². The Morgan fingerprint density at radius 3 is 2.38 bits per heavy atom. The van der Waals surface area contributed by atoms with E-state index in [0.717, 1.165) is 18.4 Å². The summed E-state index contributed by atoms with van der Waals surface area (Å²) in [5.41, 5.74) is 0.206. The van der Waals surface area contributed by atoms with Crippen molar-refractivity contribution in [1.82, 2.24) is 5.32 Å². The van der Waals surface area contributed by atoms with Crippen LogP contribution in [0.2, 0.25) is 0 Å². The van der Waals surface area contributed by atoms with Crippen molar-refractivity contribution in [3.63, 3.8) is 0 Å². The van der Waals surface area contributed by atoms with Crippen molar-refractivity contribution in [2.75, 3.05) is 6.54 Å². The maximum Gasteiger partial charge on any atom is 0.230 e. The smallest absolute Gasteiger partial charge is 0.230 e. The molecule has 1 aromatic rings. The topological polar surface area (TPSA) is 49.3 Å². The summed E-state index contributed by atoms with van der Waals surface area (Å²) in [6.45, 7) is 6.38. The normalized spacial score (nSPS) is 18.1. The van der Waals surface area contributed by atoms with Crippen LogP contribution in [0.5, 0.6) is 0 Å². The Bertz CT molecular complexity index is 501. The summed E-state index contributed by atoms with van der Waals surface area (Å²) >= 11 is 0. The number of hydrogen-bond donors (Lipinski definition) is 2. The zero-order valence-electron chi connectivity index (χ0n) is 12.9. The van der Waals surface area contributed by atoms with Crippen molar-refractivity contribution in [1.29, 1.82) is 0 Å². The minimum Gasteiger partial charge on any atom is -0.393 e. The molecule has 2 rings (SSSR count). The lowest BCUT2D eigenvalue weighted by molar-refractivity contribution is -0.123. The second kappa shape index (κ2) is 5.76. The summed E-state index contributed by atoms with van der Waals surface area (Å²) in [7, 11) is 0. The molecule has 1 aromatic carbocycles. The molecule has 1 fully saturated rings. The Kier molecular flexibility index (Phi) is 4.38. The fourth-order valence-corrected chi connectivity index (χ4v) is 2.47. The third-order valence-corrected chi connectivity index (χ3v) is 4.28. The van der Waals surface area contributed by atoms with Crippen LogP contribution in [0, 0.1) is 11.2 Å². The van der Waals surface area contributed by atoms with Crippen LogP contribution < -0.4 is 5.32 Å². The van der Waals surface area contributed by atoms with Crippen molar-refractivity contribution in [2.45, 2.75) is 51.6 Å². The van der Waals surface area contributed by atoms with E-state index in [-0.39, 0.29) is 17.1 Å². The fraction of sp³-hybridized carbons (Fsp3) is 0.588. The van der Waals surface area contributed by atoms with Gasteiger partial charge in [-0.3, -0.25) is 4.79 Å².